The number of ether oxygens (including phenoxy) is 3. The number of methoxy groups -OCH3 is 1. The zero-order valence-corrected chi connectivity index (χ0v) is 42.6. The molecule has 0 heterocycles. The lowest BCUT2D eigenvalue weighted by molar-refractivity contribution is -0.228. The van der Waals surface area contributed by atoms with Gasteiger partial charge in [0.15, 0.2) is 0 Å². The van der Waals surface area contributed by atoms with Gasteiger partial charge in [0.25, 0.3) is 5.91 Å². The van der Waals surface area contributed by atoms with E-state index in [1.165, 1.54) is 38.5 Å². The standard InChI is InChI=1S/C47H90N6O8S2/c1-11-13-14-15-16-17-18-19-20-21-23-37(44(56)51-40(31-35(5)6)45(62)49-9)33-42(54)52-61-53(47(57)39(30-34(3)4)38(22-12-2)43(48)55)41(32-36(7)8)46(63)50-24-25-59-28-29-60-27-26-58-10/h34-41H,11-33H2,1-10H3,(H2,48,55)(H,49,62)(H,50,63)(H,51,56)(H,52,54)/t37?,38-,39+,40-,41-/m0/s1. The third-order valence-corrected chi connectivity index (χ3v) is 11.8. The summed E-state index contributed by atoms with van der Waals surface area (Å²) in [6, 6.07) is -1.20. The number of carbonyl (C=O) groups excluding carboxylic acids is 4. The van der Waals surface area contributed by atoms with Gasteiger partial charge in [-0.25, -0.2) is 5.48 Å². The number of hydroxylamine groups is 3. The van der Waals surface area contributed by atoms with Gasteiger partial charge < -0.3 is 35.9 Å². The summed E-state index contributed by atoms with van der Waals surface area (Å²) in [7, 11) is 3.36. The number of hydrogen-bond acceptors (Lipinski definition) is 10. The third-order valence-electron chi connectivity index (χ3n) is 10.9. The van der Waals surface area contributed by atoms with Crippen molar-refractivity contribution in [1.29, 1.82) is 0 Å². The molecule has 0 aromatic carbocycles. The monoisotopic (exact) mass is 931 g/mol. The number of rotatable bonds is 40. The summed E-state index contributed by atoms with van der Waals surface area (Å²) in [5, 5.41) is 10.5. The molecule has 0 rings (SSSR count). The Kier molecular flexibility index (Phi) is 36.2. The first-order valence-electron chi connectivity index (χ1n) is 24.1. The van der Waals surface area contributed by atoms with E-state index >= 15 is 0 Å². The normalized spacial score (nSPS) is 13.9. The van der Waals surface area contributed by atoms with E-state index < -0.39 is 41.5 Å². The second kappa shape index (κ2) is 37.7. The number of primary amides is 1. The number of carbonyl (C=O) groups is 4. The van der Waals surface area contributed by atoms with Crippen molar-refractivity contribution in [2.24, 2.45) is 41.2 Å². The van der Waals surface area contributed by atoms with Crippen LogP contribution in [-0.4, -0.2) is 104 Å². The molecule has 5 atom stereocenters. The molecule has 0 aliphatic carbocycles. The molecule has 0 aromatic heterocycles. The van der Waals surface area contributed by atoms with Gasteiger partial charge in [-0.3, -0.25) is 19.2 Å². The molecule has 16 heteroatoms. The highest BCUT2D eigenvalue weighted by atomic mass is 32.1. The van der Waals surface area contributed by atoms with Crippen LogP contribution in [0.1, 0.15) is 165 Å². The first-order chi connectivity index (χ1) is 30.0. The van der Waals surface area contributed by atoms with Gasteiger partial charge in [0.2, 0.25) is 17.7 Å². The van der Waals surface area contributed by atoms with Crippen molar-refractivity contribution in [2.45, 2.75) is 177 Å². The van der Waals surface area contributed by atoms with Gasteiger partial charge >= 0.3 is 0 Å². The van der Waals surface area contributed by atoms with Crippen LogP contribution in [-0.2, 0) is 38.3 Å². The Balaban J connectivity index is 6.47. The maximum atomic E-state index is 14.8. The molecule has 14 nitrogen and oxygen atoms in total. The van der Waals surface area contributed by atoms with E-state index in [0.717, 1.165) is 30.7 Å². The molecular formula is C47H90N6O8S2. The quantitative estimate of drug-likeness (QED) is 0.0229. The molecule has 0 saturated carbocycles. The summed E-state index contributed by atoms with van der Waals surface area (Å²) in [5.41, 5.74) is 8.47. The molecule has 0 aromatic rings. The highest BCUT2D eigenvalue weighted by molar-refractivity contribution is 7.80. The maximum Gasteiger partial charge on any atom is 0.252 e. The van der Waals surface area contributed by atoms with Crippen LogP contribution in [0, 0.1) is 35.5 Å². The number of nitrogens with two attached hydrogens (primary N) is 1. The maximum absolute atomic E-state index is 14.8. The van der Waals surface area contributed by atoms with E-state index in [1.807, 2.05) is 34.6 Å². The van der Waals surface area contributed by atoms with Gasteiger partial charge in [-0.15, -0.1) is 4.94 Å². The van der Waals surface area contributed by atoms with Crippen molar-refractivity contribution >= 4 is 58.0 Å². The lowest BCUT2D eigenvalue weighted by atomic mass is 9.81. The van der Waals surface area contributed by atoms with E-state index in [-0.39, 0.29) is 36.1 Å². The molecule has 0 radical (unpaired) electrons. The fourth-order valence-electron chi connectivity index (χ4n) is 7.54. The molecule has 368 valence electrons. The number of likely N-dealkylation sites (N-methyl/N-ethyl adjacent to an activating group) is 1. The summed E-state index contributed by atoms with van der Waals surface area (Å²) < 4.78 is 16.2. The van der Waals surface area contributed by atoms with Crippen LogP contribution in [0.25, 0.3) is 0 Å². The smallest absolute Gasteiger partial charge is 0.252 e. The summed E-state index contributed by atoms with van der Waals surface area (Å²) in [5.74, 6) is -3.80. The van der Waals surface area contributed by atoms with Crippen molar-refractivity contribution < 1.29 is 38.3 Å². The Morgan fingerprint density at radius 1 is 0.667 bits per heavy atom. The van der Waals surface area contributed by atoms with E-state index in [4.69, 9.17) is 49.3 Å². The van der Waals surface area contributed by atoms with Crippen LogP contribution in [0.15, 0.2) is 0 Å². The summed E-state index contributed by atoms with van der Waals surface area (Å²) in [6.07, 6.45) is 14.2. The highest BCUT2D eigenvalue weighted by Gasteiger charge is 2.40. The number of amides is 4. The van der Waals surface area contributed by atoms with Crippen molar-refractivity contribution in [3.05, 3.63) is 0 Å². The molecule has 1 unspecified atom stereocenters. The largest absolute Gasteiger partial charge is 0.382 e. The number of nitrogens with one attached hydrogen (secondary N) is 4. The van der Waals surface area contributed by atoms with Crippen LogP contribution in [0.5, 0.6) is 0 Å². The summed E-state index contributed by atoms with van der Waals surface area (Å²) in [4.78, 5) is 62.6. The predicted octanol–water partition coefficient (Wildman–Crippen LogP) is 7.75. The third kappa shape index (κ3) is 28.9. The van der Waals surface area contributed by atoms with Gasteiger partial charge in [0, 0.05) is 39.0 Å². The van der Waals surface area contributed by atoms with E-state index in [1.54, 1.807) is 14.2 Å². The first kappa shape index (κ1) is 60.5. The van der Waals surface area contributed by atoms with E-state index in [9.17, 15) is 19.2 Å². The molecule has 0 spiro atoms. The zero-order valence-electron chi connectivity index (χ0n) is 41.0. The molecule has 0 saturated heterocycles. The van der Waals surface area contributed by atoms with E-state index in [2.05, 4.69) is 42.2 Å². The molecule has 0 bridgehead atoms. The Morgan fingerprint density at radius 2 is 1.22 bits per heavy atom. The van der Waals surface area contributed by atoms with Crippen LogP contribution >= 0.6 is 24.4 Å². The fourth-order valence-corrected chi connectivity index (χ4v) is 7.99. The molecular weight excluding hydrogens is 841 g/mol. The minimum absolute atomic E-state index is 0.0405. The lowest BCUT2D eigenvalue weighted by Gasteiger charge is -2.36. The Morgan fingerprint density at radius 3 is 1.75 bits per heavy atom. The van der Waals surface area contributed by atoms with Crippen molar-refractivity contribution in [2.75, 3.05) is 53.7 Å². The van der Waals surface area contributed by atoms with E-state index in [0.29, 0.717) is 88.1 Å². The van der Waals surface area contributed by atoms with Gasteiger partial charge in [-0.2, -0.15) is 5.06 Å². The number of unbranched alkanes of at least 4 members (excludes halogenated alkanes) is 9. The van der Waals surface area contributed by atoms with Gasteiger partial charge in [-0.05, 0) is 49.9 Å². The Labute approximate surface area is 393 Å². The lowest BCUT2D eigenvalue weighted by Crippen LogP contribution is -2.55. The van der Waals surface area contributed by atoms with Crippen molar-refractivity contribution in [1.82, 2.24) is 26.5 Å². The summed E-state index contributed by atoms with van der Waals surface area (Å²) >= 11 is 11.5. The van der Waals surface area contributed by atoms with Crippen molar-refractivity contribution in [3.8, 4) is 0 Å². The molecule has 4 amide bonds. The Hall–Kier alpha value is -2.50. The van der Waals surface area contributed by atoms with Gasteiger partial charge in [0.1, 0.15) is 11.0 Å². The average Bonchev–Trinajstić information content (AvgIpc) is 3.22. The van der Waals surface area contributed by atoms with Crippen LogP contribution in [0.4, 0.5) is 0 Å². The van der Waals surface area contributed by atoms with Crippen LogP contribution < -0.4 is 27.2 Å². The predicted molar refractivity (Wildman–Crippen MR) is 262 cm³/mol. The zero-order chi connectivity index (χ0) is 47.6. The minimum atomic E-state index is -0.831. The van der Waals surface area contributed by atoms with Gasteiger partial charge in [0.05, 0.1) is 50.0 Å². The van der Waals surface area contributed by atoms with Crippen LogP contribution in [0.3, 0.4) is 0 Å². The summed E-state index contributed by atoms with van der Waals surface area (Å²) in [6.45, 7) is 18.7. The molecule has 0 fully saturated rings. The second-order valence-corrected chi connectivity index (χ2v) is 19.0. The molecule has 63 heavy (non-hydrogen) atoms. The second-order valence-electron chi connectivity index (χ2n) is 18.1. The molecule has 6 N–H and O–H groups in total. The van der Waals surface area contributed by atoms with Gasteiger partial charge in [-0.1, -0.05) is 150 Å². The number of nitrogens with zero attached hydrogens (tertiary/aromatic N) is 1. The fraction of sp³-hybridized carbons (Fsp3) is 0.872. The first-order valence-corrected chi connectivity index (χ1v) is 24.9. The average molecular weight is 931 g/mol. The van der Waals surface area contributed by atoms with Crippen LogP contribution in [0.2, 0.25) is 0 Å². The Bertz CT molecular complexity index is 1280. The molecule has 0 aliphatic rings. The molecule has 0 aliphatic heterocycles. The van der Waals surface area contributed by atoms with Crippen molar-refractivity contribution in [3.63, 3.8) is 0 Å². The number of thiocarbonyl (C=S) groups is 2. The number of hydrogen-bond donors (Lipinski definition) is 5. The minimum Gasteiger partial charge on any atom is -0.382 e. The highest BCUT2D eigenvalue weighted by Crippen LogP contribution is 2.29. The topological polar surface area (TPSA) is 183 Å². The SMILES string of the molecule is CCCCCCCCCCCCC(CC(=O)NON(C(=O)[C@H](CC(C)C)[C@H](CCC)C(N)=O)[C@@H](CC(C)C)C(=S)NCCOCCOCCOC)C(=O)N[C@@H](CC(C)C)C(=S)NC.